The van der Waals surface area contributed by atoms with E-state index in [1.165, 1.54) is 30.7 Å². The minimum absolute atomic E-state index is 0.188. The highest BCUT2D eigenvalue weighted by atomic mass is 31.1. The Hall–Kier alpha value is 0.170. The van der Waals surface area contributed by atoms with Crippen LogP contribution in [0.4, 0.5) is 0 Å². The minimum atomic E-state index is 0.188. The number of hydrogen-bond acceptors (Lipinski definition) is 0. The van der Waals surface area contributed by atoms with Crippen molar-refractivity contribution in [1.82, 2.24) is 0 Å². The summed E-state index contributed by atoms with van der Waals surface area (Å²) in [7, 11) is 0.188. The maximum Gasteiger partial charge on any atom is 0.00515 e. The summed E-state index contributed by atoms with van der Waals surface area (Å²) in [6.45, 7) is 15.9. The van der Waals surface area contributed by atoms with Gasteiger partial charge in [-0.1, -0.05) is 47.8 Å². The summed E-state index contributed by atoms with van der Waals surface area (Å²) in [6, 6.07) is 0. The van der Waals surface area contributed by atoms with Gasteiger partial charge in [-0.25, -0.2) is 0 Å². The number of allylic oxidation sites excluding steroid dienone is 1. The van der Waals surface area contributed by atoms with Crippen LogP contribution >= 0.6 is 7.92 Å². The second kappa shape index (κ2) is 3.97. The van der Waals surface area contributed by atoms with Gasteiger partial charge in [0.2, 0.25) is 0 Å². The molecule has 0 aromatic rings. The fourth-order valence-corrected chi connectivity index (χ4v) is 5.57. The normalized spacial score (nSPS) is 23.5. The topological polar surface area (TPSA) is 0 Å². The fraction of sp³-hybridized carbons (Fsp3) is 0.846. The molecule has 1 saturated heterocycles. The molecular weight excluding hydrogens is 187 g/mol. The van der Waals surface area contributed by atoms with Gasteiger partial charge < -0.3 is 0 Å². The molecule has 1 aliphatic heterocycles. The lowest BCUT2D eigenvalue weighted by Crippen LogP contribution is -2.29. The van der Waals surface area contributed by atoms with Gasteiger partial charge >= 0.3 is 0 Å². The summed E-state index contributed by atoms with van der Waals surface area (Å²) < 4.78 is 0. The first-order valence-corrected chi connectivity index (χ1v) is 7.38. The first kappa shape index (κ1) is 12.2. The van der Waals surface area contributed by atoms with Crippen molar-refractivity contribution in [3.05, 3.63) is 12.2 Å². The van der Waals surface area contributed by atoms with Crippen LogP contribution in [0.25, 0.3) is 0 Å². The Morgan fingerprint density at radius 1 is 1.21 bits per heavy atom. The van der Waals surface area contributed by atoms with E-state index in [1.54, 1.807) is 0 Å². The molecule has 0 aromatic heterocycles. The maximum atomic E-state index is 4.15. The first-order valence-electron chi connectivity index (χ1n) is 5.67. The third-order valence-electron chi connectivity index (χ3n) is 3.95. The Morgan fingerprint density at radius 3 is 2.00 bits per heavy atom. The molecular formula is C13H25P. The van der Waals surface area contributed by atoms with Gasteiger partial charge in [-0.05, 0) is 37.5 Å². The van der Waals surface area contributed by atoms with Gasteiger partial charge in [0.15, 0.2) is 0 Å². The first-order chi connectivity index (χ1) is 6.26. The molecule has 0 unspecified atom stereocenters. The molecule has 14 heavy (non-hydrogen) atoms. The maximum absolute atomic E-state index is 4.15. The van der Waals surface area contributed by atoms with Crippen molar-refractivity contribution in [3.63, 3.8) is 0 Å². The molecule has 82 valence electrons. The van der Waals surface area contributed by atoms with E-state index in [0.717, 1.165) is 0 Å². The minimum Gasteiger partial charge on any atom is -0.0992 e. The highest BCUT2D eigenvalue weighted by molar-refractivity contribution is 7.59. The number of rotatable bonds is 2. The van der Waals surface area contributed by atoms with Gasteiger partial charge in [0.25, 0.3) is 0 Å². The van der Waals surface area contributed by atoms with Crippen molar-refractivity contribution in [2.24, 2.45) is 5.41 Å². The van der Waals surface area contributed by atoms with Crippen molar-refractivity contribution in [2.75, 3.05) is 12.3 Å². The van der Waals surface area contributed by atoms with Crippen LogP contribution in [0.3, 0.4) is 0 Å². The van der Waals surface area contributed by atoms with Gasteiger partial charge in [0.05, 0.1) is 0 Å². The van der Waals surface area contributed by atoms with Crippen molar-refractivity contribution >= 4 is 7.92 Å². The summed E-state index contributed by atoms with van der Waals surface area (Å²) in [6.07, 6.45) is 5.72. The van der Waals surface area contributed by atoms with Crippen LogP contribution in [0.2, 0.25) is 0 Å². The van der Waals surface area contributed by atoms with E-state index < -0.39 is 0 Å². The van der Waals surface area contributed by atoms with Crippen molar-refractivity contribution in [1.29, 1.82) is 0 Å². The third kappa shape index (κ3) is 2.60. The van der Waals surface area contributed by atoms with Gasteiger partial charge in [0, 0.05) is 5.16 Å². The standard InChI is InChI=1S/C13H25P/c1-11(2)13(5,6)14-9-7-12(3,4)8-10-14/h1,7-10H2,2-6H3. The Balaban J connectivity index is 2.62. The average molecular weight is 212 g/mol. The van der Waals surface area contributed by atoms with E-state index in [9.17, 15) is 0 Å². The quantitative estimate of drug-likeness (QED) is 0.462. The molecule has 0 aromatic carbocycles. The van der Waals surface area contributed by atoms with Crippen LogP contribution in [0.5, 0.6) is 0 Å². The van der Waals surface area contributed by atoms with E-state index in [-0.39, 0.29) is 7.92 Å². The second-order valence-electron chi connectivity index (χ2n) is 5.99. The zero-order chi connectivity index (χ0) is 11.0. The summed E-state index contributed by atoms with van der Waals surface area (Å²) in [4.78, 5) is 0. The zero-order valence-corrected chi connectivity index (χ0v) is 11.4. The summed E-state index contributed by atoms with van der Waals surface area (Å²) in [5.41, 5.74) is 1.98. The van der Waals surface area contributed by atoms with Crippen molar-refractivity contribution in [3.8, 4) is 0 Å². The predicted molar refractivity (Wildman–Crippen MR) is 68.6 cm³/mol. The van der Waals surface area contributed by atoms with Crippen LogP contribution < -0.4 is 0 Å². The second-order valence-corrected chi connectivity index (χ2v) is 9.08. The largest absolute Gasteiger partial charge is 0.0992 e. The van der Waals surface area contributed by atoms with Gasteiger partial charge in [0.1, 0.15) is 0 Å². The predicted octanol–water partition coefficient (Wildman–Crippen LogP) is 4.64. The average Bonchev–Trinajstić information content (AvgIpc) is 2.03. The smallest absolute Gasteiger partial charge is 0.00515 e. The highest BCUT2D eigenvalue weighted by Crippen LogP contribution is 2.58. The summed E-state index contributed by atoms with van der Waals surface area (Å²) in [5, 5.41) is 0.409. The van der Waals surface area contributed by atoms with Crippen LogP contribution in [0.1, 0.15) is 47.5 Å². The fourth-order valence-electron chi connectivity index (χ4n) is 1.94. The lowest BCUT2D eigenvalue weighted by atomic mass is 9.87. The van der Waals surface area contributed by atoms with E-state index in [1.807, 2.05) is 0 Å². The molecule has 0 bridgehead atoms. The van der Waals surface area contributed by atoms with Crippen LogP contribution in [-0.4, -0.2) is 17.5 Å². The third-order valence-corrected chi connectivity index (χ3v) is 7.44. The molecule has 1 aliphatic rings. The highest BCUT2D eigenvalue weighted by Gasteiger charge is 2.35. The molecule has 0 nitrogen and oxygen atoms in total. The van der Waals surface area contributed by atoms with Gasteiger partial charge in [-0.15, -0.1) is 0 Å². The van der Waals surface area contributed by atoms with Crippen molar-refractivity contribution < 1.29 is 0 Å². The Morgan fingerprint density at radius 2 is 1.64 bits per heavy atom. The lowest BCUT2D eigenvalue weighted by molar-refractivity contribution is 0.331. The van der Waals surface area contributed by atoms with E-state index in [0.29, 0.717) is 10.6 Å². The molecule has 0 saturated carbocycles. The Kier molecular flexibility index (Phi) is 3.47. The van der Waals surface area contributed by atoms with E-state index in [4.69, 9.17) is 0 Å². The molecule has 0 aliphatic carbocycles. The van der Waals surface area contributed by atoms with Crippen molar-refractivity contribution in [2.45, 2.75) is 52.6 Å². The van der Waals surface area contributed by atoms with Crippen LogP contribution in [-0.2, 0) is 0 Å². The number of hydrogen-bond donors (Lipinski definition) is 0. The molecule has 1 heterocycles. The van der Waals surface area contributed by atoms with Crippen LogP contribution in [0, 0.1) is 5.41 Å². The molecule has 0 spiro atoms. The van der Waals surface area contributed by atoms with E-state index >= 15 is 0 Å². The molecule has 1 rings (SSSR count). The molecule has 0 amide bonds. The lowest BCUT2D eigenvalue weighted by Gasteiger charge is -2.43. The van der Waals surface area contributed by atoms with Gasteiger partial charge in [-0.3, -0.25) is 0 Å². The monoisotopic (exact) mass is 212 g/mol. The molecule has 0 atom stereocenters. The molecule has 1 heteroatoms. The van der Waals surface area contributed by atoms with Crippen LogP contribution in [0.15, 0.2) is 12.2 Å². The molecule has 1 fully saturated rings. The van der Waals surface area contributed by atoms with E-state index in [2.05, 4.69) is 41.2 Å². The zero-order valence-electron chi connectivity index (χ0n) is 10.5. The SMILES string of the molecule is C=C(C)C(C)(C)P1CCC(C)(C)CC1. The Labute approximate surface area is 90.9 Å². The molecule has 0 radical (unpaired) electrons. The Bertz CT molecular complexity index is 215. The summed E-state index contributed by atoms with van der Waals surface area (Å²) in [5.74, 6) is 0. The summed E-state index contributed by atoms with van der Waals surface area (Å²) >= 11 is 0. The van der Waals surface area contributed by atoms with Gasteiger partial charge in [-0.2, -0.15) is 0 Å². The molecule has 0 N–H and O–H groups in total.